The third-order valence-corrected chi connectivity index (χ3v) is 1.83. The second-order valence-corrected chi connectivity index (χ2v) is 3.63. The van der Waals surface area contributed by atoms with Crippen LogP contribution in [0.4, 0.5) is 0 Å². The van der Waals surface area contributed by atoms with Crippen LogP contribution >= 0.6 is 0 Å². The summed E-state index contributed by atoms with van der Waals surface area (Å²) >= 11 is 0. The van der Waals surface area contributed by atoms with Crippen LogP contribution in [0.15, 0.2) is 0 Å². The van der Waals surface area contributed by atoms with Gasteiger partial charge in [0.1, 0.15) is 0 Å². The molecule has 0 aromatic rings. The first-order chi connectivity index (χ1) is 4.88. The van der Waals surface area contributed by atoms with E-state index in [9.17, 15) is 10.2 Å². The van der Waals surface area contributed by atoms with Gasteiger partial charge in [-0.1, -0.05) is 6.92 Å². The average Bonchev–Trinajstić information content (AvgIpc) is 1.85. The van der Waals surface area contributed by atoms with Crippen LogP contribution in [0.3, 0.4) is 0 Å². The first kappa shape index (κ1) is 10.9. The Balaban J connectivity index is 3.77. The predicted octanol–water partition coefficient (Wildman–Crippen LogP) is 0.246. The molecule has 68 valence electrons. The topological polar surface area (TPSA) is 66.5 Å². The Kier molecular flexibility index (Phi) is 4.00. The van der Waals surface area contributed by atoms with Crippen molar-refractivity contribution in [2.45, 2.75) is 51.4 Å². The highest BCUT2D eigenvalue weighted by Gasteiger charge is 2.24. The molecule has 0 aliphatic carbocycles. The SMILES string of the molecule is CCC(O)CC(O)C(C)(C)N. The Bertz CT molecular complexity index is 109. The largest absolute Gasteiger partial charge is 0.393 e. The molecule has 0 fully saturated rings. The lowest BCUT2D eigenvalue weighted by Gasteiger charge is -2.27. The predicted molar refractivity (Wildman–Crippen MR) is 45.2 cm³/mol. The zero-order chi connectivity index (χ0) is 9.07. The molecule has 0 heterocycles. The summed E-state index contributed by atoms with van der Waals surface area (Å²) in [6, 6.07) is 0. The van der Waals surface area contributed by atoms with E-state index in [0.29, 0.717) is 12.8 Å². The van der Waals surface area contributed by atoms with Gasteiger partial charge in [-0.15, -0.1) is 0 Å². The van der Waals surface area contributed by atoms with Gasteiger partial charge in [-0.05, 0) is 20.3 Å². The van der Waals surface area contributed by atoms with Gasteiger partial charge >= 0.3 is 0 Å². The molecule has 0 saturated carbocycles. The Hall–Kier alpha value is -0.120. The Morgan fingerprint density at radius 1 is 1.36 bits per heavy atom. The van der Waals surface area contributed by atoms with Gasteiger partial charge in [-0.2, -0.15) is 0 Å². The molecule has 0 saturated heterocycles. The van der Waals surface area contributed by atoms with Crippen molar-refractivity contribution >= 4 is 0 Å². The number of hydrogen-bond acceptors (Lipinski definition) is 3. The molecule has 0 aromatic heterocycles. The minimum atomic E-state index is -0.627. The van der Waals surface area contributed by atoms with Crippen molar-refractivity contribution in [3.63, 3.8) is 0 Å². The summed E-state index contributed by atoms with van der Waals surface area (Å²) < 4.78 is 0. The lowest BCUT2D eigenvalue weighted by atomic mass is 9.93. The molecule has 0 rings (SSSR count). The summed E-state index contributed by atoms with van der Waals surface area (Å²) in [7, 11) is 0. The second kappa shape index (κ2) is 4.04. The Morgan fingerprint density at radius 3 is 2.09 bits per heavy atom. The fraction of sp³-hybridized carbons (Fsp3) is 1.00. The smallest absolute Gasteiger partial charge is 0.0738 e. The molecule has 3 heteroatoms. The quantitative estimate of drug-likeness (QED) is 0.553. The maximum atomic E-state index is 9.40. The van der Waals surface area contributed by atoms with E-state index in [1.165, 1.54) is 0 Å². The summed E-state index contributed by atoms with van der Waals surface area (Å²) in [6.07, 6.45) is -0.0436. The van der Waals surface area contributed by atoms with Crippen LogP contribution in [-0.4, -0.2) is 28.0 Å². The van der Waals surface area contributed by atoms with E-state index in [1.807, 2.05) is 6.92 Å². The highest BCUT2D eigenvalue weighted by molar-refractivity contribution is 4.83. The molecule has 0 bridgehead atoms. The van der Waals surface area contributed by atoms with Crippen molar-refractivity contribution < 1.29 is 10.2 Å². The van der Waals surface area contributed by atoms with Crippen LogP contribution in [0.25, 0.3) is 0 Å². The van der Waals surface area contributed by atoms with Crippen LogP contribution in [0.1, 0.15) is 33.6 Å². The number of aliphatic hydroxyl groups excluding tert-OH is 2. The van der Waals surface area contributed by atoms with Gasteiger partial charge in [0.2, 0.25) is 0 Å². The second-order valence-electron chi connectivity index (χ2n) is 3.63. The van der Waals surface area contributed by atoms with Crippen LogP contribution in [0, 0.1) is 0 Å². The summed E-state index contributed by atoms with van der Waals surface area (Å²) in [5, 5.41) is 18.6. The van der Waals surface area contributed by atoms with Crippen molar-refractivity contribution in [1.82, 2.24) is 0 Å². The maximum absolute atomic E-state index is 9.40. The summed E-state index contributed by atoms with van der Waals surface area (Å²) in [4.78, 5) is 0. The van der Waals surface area contributed by atoms with E-state index in [0.717, 1.165) is 0 Å². The fourth-order valence-electron chi connectivity index (χ4n) is 0.728. The van der Waals surface area contributed by atoms with E-state index in [4.69, 9.17) is 5.73 Å². The number of aliphatic hydroxyl groups is 2. The molecular weight excluding hydrogens is 142 g/mol. The van der Waals surface area contributed by atoms with Gasteiger partial charge in [0, 0.05) is 12.0 Å². The van der Waals surface area contributed by atoms with Crippen LogP contribution in [-0.2, 0) is 0 Å². The maximum Gasteiger partial charge on any atom is 0.0738 e. The Morgan fingerprint density at radius 2 is 1.82 bits per heavy atom. The molecule has 0 aliphatic heterocycles. The molecule has 0 radical (unpaired) electrons. The summed E-state index contributed by atoms with van der Waals surface area (Å²) in [5.41, 5.74) is 5.01. The fourth-order valence-corrected chi connectivity index (χ4v) is 0.728. The van der Waals surface area contributed by atoms with Gasteiger partial charge in [-0.3, -0.25) is 0 Å². The molecule has 0 aromatic carbocycles. The van der Waals surface area contributed by atoms with E-state index in [-0.39, 0.29) is 0 Å². The molecule has 2 atom stereocenters. The summed E-state index contributed by atoms with van der Waals surface area (Å²) in [6.45, 7) is 5.38. The lowest BCUT2D eigenvalue weighted by molar-refractivity contribution is 0.0400. The number of nitrogens with two attached hydrogens (primary N) is 1. The molecule has 2 unspecified atom stereocenters. The summed E-state index contributed by atoms with van der Waals surface area (Å²) in [5.74, 6) is 0. The van der Waals surface area contributed by atoms with Crippen LogP contribution in [0.2, 0.25) is 0 Å². The van der Waals surface area contributed by atoms with Crippen molar-refractivity contribution in [3.05, 3.63) is 0 Å². The van der Waals surface area contributed by atoms with E-state index >= 15 is 0 Å². The zero-order valence-corrected chi connectivity index (χ0v) is 7.54. The average molecular weight is 161 g/mol. The van der Waals surface area contributed by atoms with E-state index in [1.54, 1.807) is 13.8 Å². The van der Waals surface area contributed by atoms with Gasteiger partial charge < -0.3 is 15.9 Å². The third-order valence-electron chi connectivity index (χ3n) is 1.83. The van der Waals surface area contributed by atoms with E-state index < -0.39 is 17.7 Å². The van der Waals surface area contributed by atoms with Crippen molar-refractivity contribution in [3.8, 4) is 0 Å². The monoisotopic (exact) mass is 161 g/mol. The van der Waals surface area contributed by atoms with Crippen LogP contribution < -0.4 is 5.73 Å². The molecule has 3 nitrogen and oxygen atoms in total. The molecule has 11 heavy (non-hydrogen) atoms. The van der Waals surface area contributed by atoms with Gasteiger partial charge in [0.05, 0.1) is 12.2 Å². The molecule has 0 spiro atoms. The number of rotatable bonds is 4. The van der Waals surface area contributed by atoms with Crippen molar-refractivity contribution in [2.75, 3.05) is 0 Å². The highest BCUT2D eigenvalue weighted by atomic mass is 16.3. The van der Waals surface area contributed by atoms with Gasteiger partial charge in [0.15, 0.2) is 0 Å². The first-order valence-electron chi connectivity index (χ1n) is 4.03. The standard InChI is InChI=1S/C8H19NO2/c1-4-6(10)5-7(11)8(2,3)9/h6-7,10-11H,4-5,9H2,1-3H3. The molecule has 0 aliphatic rings. The van der Waals surface area contributed by atoms with Crippen LogP contribution in [0.5, 0.6) is 0 Å². The van der Waals surface area contributed by atoms with E-state index in [2.05, 4.69) is 0 Å². The van der Waals surface area contributed by atoms with Gasteiger partial charge in [-0.25, -0.2) is 0 Å². The molecular formula is C8H19NO2. The number of hydrogen-bond donors (Lipinski definition) is 3. The van der Waals surface area contributed by atoms with Gasteiger partial charge in [0.25, 0.3) is 0 Å². The van der Waals surface area contributed by atoms with Crippen molar-refractivity contribution in [1.29, 1.82) is 0 Å². The minimum absolute atomic E-state index is 0.361. The molecule has 0 amide bonds. The third kappa shape index (κ3) is 4.35. The Labute approximate surface area is 68.2 Å². The zero-order valence-electron chi connectivity index (χ0n) is 7.54. The highest BCUT2D eigenvalue weighted by Crippen LogP contribution is 2.12. The minimum Gasteiger partial charge on any atom is -0.393 e. The normalized spacial score (nSPS) is 18.0. The van der Waals surface area contributed by atoms with Crippen molar-refractivity contribution in [2.24, 2.45) is 5.73 Å². The molecule has 4 N–H and O–H groups in total. The lowest BCUT2D eigenvalue weighted by Crippen LogP contribution is -2.46. The first-order valence-corrected chi connectivity index (χ1v) is 4.03.